The Balaban J connectivity index is 1.89. The predicted molar refractivity (Wildman–Crippen MR) is 115 cm³/mol. The van der Waals surface area contributed by atoms with Crippen LogP contribution in [0.15, 0.2) is 97.1 Å². The van der Waals surface area contributed by atoms with E-state index in [-0.39, 0.29) is 0 Å². The fraction of sp³-hybridized carbons (Fsp3) is 0.0435. The Morgan fingerprint density at radius 3 is 2.00 bits per heavy atom. The van der Waals surface area contributed by atoms with Crippen molar-refractivity contribution >= 4 is 46.6 Å². The SMILES string of the molecule is C[P+]1(c2ccccc2)c2cccc3cccc(c23)P1c1ccccc1. The van der Waals surface area contributed by atoms with Crippen molar-refractivity contribution in [3.05, 3.63) is 97.1 Å². The molecule has 2 unspecified atom stereocenters. The van der Waals surface area contributed by atoms with Crippen LogP contribution >= 0.6 is 14.6 Å². The monoisotopic (exact) mass is 357 g/mol. The average Bonchev–Trinajstić information content (AvgIpc) is 2.95. The van der Waals surface area contributed by atoms with Crippen LogP contribution in [0, 0.1) is 0 Å². The molecule has 1 heterocycles. The van der Waals surface area contributed by atoms with Crippen LogP contribution in [0.4, 0.5) is 0 Å². The fourth-order valence-corrected chi connectivity index (χ4v) is 14.8. The van der Waals surface area contributed by atoms with Gasteiger partial charge in [-0.05, 0) is 29.7 Å². The molecule has 4 aromatic rings. The lowest BCUT2D eigenvalue weighted by Gasteiger charge is -2.26. The summed E-state index contributed by atoms with van der Waals surface area (Å²) in [5.74, 6) is 0. The largest absolute Gasteiger partial charge is 0.129 e. The van der Waals surface area contributed by atoms with E-state index < -0.39 is 14.6 Å². The van der Waals surface area contributed by atoms with Crippen molar-refractivity contribution in [2.75, 3.05) is 6.66 Å². The van der Waals surface area contributed by atoms with Gasteiger partial charge in [-0.15, -0.1) is 0 Å². The van der Waals surface area contributed by atoms with Crippen LogP contribution < -0.4 is 21.2 Å². The van der Waals surface area contributed by atoms with Crippen LogP contribution in [-0.2, 0) is 0 Å². The topological polar surface area (TPSA) is 0 Å². The van der Waals surface area contributed by atoms with Gasteiger partial charge in [0.2, 0.25) is 0 Å². The van der Waals surface area contributed by atoms with Crippen molar-refractivity contribution in [3.63, 3.8) is 0 Å². The van der Waals surface area contributed by atoms with E-state index in [0.717, 1.165) is 0 Å². The average molecular weight is 357 g/mol. The van der Waals surface area contributed by atoms with Crippen molar-refractivity contribution < 1.29 is 0 Å². The zero-order chi connectivity index (χ0) is 16.9. The van der Waals surface area contributed by atoms with E-state index in [4.69, 9.17) is 0 Å². The minimum Gasteiger partial charge on any atom is -0.0622 e. The highest BCUT2D eigenvalue weighted by molar-refractivity contribution is 8.50. The first-order chi connectivity index (χ1) is 12.3. The highest BCUT2D eigenvalue weighted by Gasteiger charge is 2.54. The maximum Gasteiger partial charge on any atom is 0.129 e. The van der Waals surface area contributed by atoms with Gasteiger partial charge in [-0.2, -0.15) is 0 Å². The summed E-state index contributed by atoms with van der Waals surface area (Å²) in [6, 6.07) is 36.1. The van der Waals surface area contributed by atoms with Gasteiger partial charge in [0, 0.05) is 16.0 Å². The highest BCUT2D eigenvalue weighted by Crippen LogP contribution is 2.82. The van der Waals surface area contributed by atoms with E-state index in [1.165, 1.54) is 21.4 Å². The van der Waals surface area contributed by atoms with Gasteiger partial charge in [-0.25, -0.2) is 0 Å². The molecule has 0 spiro atoms. The molecule has 0 nitrogen and oxygen atoms in total. The molecule has 0 saturated heterocycles. The van der Waals surface area contributed by atoms with Crippen LogP contribution in [0.2, 0.25) is 0 Å². The molecule has 0 bridgehead atoms. The van der Waals surface area contributed by atoms with Gasteiger partial charge >= 0.3 is 0 Å². The zero-order valence-corrected chi connectivity index (χ0v) is 15.9. The van der Waals surface area contributed by atoms with E-state index in [9.17, 15) is 0 Å². The maximum atomic E-state index is 2.55. The molecule has 0 aliphatic carbocycles. The van der Waals surface area contributed by atoms with Crippen LogP contribution in [0.25, 0.3) is 10.8 Å². The molecule has 1 aliphatic heterocycles. The molecular formula is C23H19P2+. The summed E-state index contributed by atoms with van der Waals surface area (Å²) in [6.07, 6.45) is 0. The Kier molecular flexibility index (Phi) is 3.53. The Morgan fingerprint density at radius 2 is 1.28 bits per heavy atom. The summed E-state index contributed by atoms with van der Waals surface area (Å²) in [5.41, 5.74) is 0. The summed E-state index contributed by atoms with van der Waals surface area (Å²) >= 11 is 0. The molecule has 0 saturated carbocycles. The smallest absolute Gasteiger partial charge is 0.0622 e. The van der Waals surface area contributed by atoms with Gasteiger partial charge in [0.05, 0.1) is 6.66 Å². The second kappa shape index (κ2) is 5.77. The maximum absolute atomic E-state index is 2.55. The second-order valence-corrected chi connectivity index (χ2v) is 14.7. The van der Waals surface area contributed by atoms with Gasteiger partial charge < -0.3 is 0 Å². The van der Waals surface area contributed by atoms with E-state index in [2.05, 4.69) is 104 Å². The summed E-state index contributed by atoms with van der Waals surface area (Å²) in [4.78, 5) is 0. The molecule has 2 atom stereocenters. The third-order valence-corrected chi connectivity index (χ3v) is 15.3. The first-order valence-electron chi connectivity index (χ1n) is 8.60. The number of hydrogen-bond acceptors (Lipinski definition) is 0. The molecule has 0 amide bonds. The minimum atomic E-state index is -1.50. The lowest BCUT2D eigenvalue weighted by atomic mass is 10.1. The predicted octanol–water partition coefficient (Wildman–Crippen LogP) is 4.80. The summed E-state index contributed by atoms with van der Waals surface area (Å²) in [7, 11) is -0.396. The van der Waals surface area contributed by atoms with Crippen LogP contribution in [0.1, 0.15) is 0 Å². The Hall–Kier alpha value is -2.00. The van der Waals surface area contributed by atoms with Gasteiger partial charge in [0.1, 0.15) is 25.2 Å². The van der Waals surface area contributed by atoms with E-state index in [0.29, 0.717) is 0 Å². The summed E-state index contributed by atoms with van der Waals surface area (Å²) in [6.45, 7) is 1.05. The fourth-order valence-electron chi connectivity index (χ4n) is 4.08. The third-order valence-electron chi connectivity index (χ3n) is 5.22. The molecule has 0 N–H and O–H groups in total. The summed E-state index contributed by atoms with van der Waals surface area (Å²) in [5, 5.41) is 9.07. The minimum absolute atomic E-state index is 0.396. The zero-order valence-electron chi connectivity index (χ0n) is 14.1. The molecule has 5 rings (SSSR count). The van der Waals surface area contributed by atoms with E-state index in [1.54, 1.807) is 10.6 Å². The highest BCUT2D eigenvalue weighted by atomic mass is 32.1. The molecule has 0 radical (unpaired) electrons. The van der Waals surface area contributed by atoms with Crippen molar-refractivity contribution in [3.8, 4) is 0 Å². The molecule has 0 aromatic heterocycles. The van der Waals surface area contributed by atoms with E-state index >= 15 is 0 Å². The first-order valence-corrected chi connectivity index (χ1v) is 12.9. The third kappa shape index (κ3) is 2.15. The van der Waals surface area contributed by atoms with Crippen molar-refractivity contribution in [1.29, 1.82) is 0 Å². The molecule has 25 heavy (non-hydrogen) atoms. The van der Waals surface area contributed by atoms with Crippen LogP contribution in [0.5, 0.6) is 0 Å². The van der Waals surface area contributed by atoms with Gasteiger partial charge in [-0.1, -0.05) is 72.8 Å². The van der Waals surface area contributed by atoms with Crippen molar-refractivity contribution in [2.24, 2.45) is 0 Å². The Morgan fingerprint density at radius 1 is 0.640 bits per heavy atom. The van der Waals surface area contributed by atoms with Crippen LogP contribution in [0.3, 0.4) is 0 Å². The van der Waals surface area contributed by atoms with Gasteiger partial charge in [0.15, 0.2) is 0 Å². The Bertz CT molecular complexity index is 1050. The molecule has 4 aromatic carbocycles. The lowest BCUT2D eigenvalue weighted by Crippen LogP contribution is -2.20. The number of rotatable bonds is 2. The van der Waals surface area contributed by atoms with Gasteiger partial charge in [-0.3, -0.25) is 0 Å². The summed E-state index contributed by atoms with van der Waals surface area (Å²) < 4.78 is 0. The quantitative estimate of drug-likeness (QED) is 0.452. The lowest BCUT2D eigenvalue weighted by molar-refractivity contribution is 1.76. The van der Waals surface area contributed by atoms with Gasteiger partial charge in [0.25, 0.3) is 0 Å². The second-order valence-electron chi connectivity index (χ2n) is 6.59. The molecule has 0 fully saturated rings. The molecule has 120 valence electrons. The number of benzene rings is 4. The molecule has 2 heteroatoms. The number of hydrogen-bond donors (Lipinski definition) is 0. The Labute approximate surface area is 150 Å². The van der Waals surface area contributed by atoms with Crippen molar-refractivity contribution in [2.45, 2.75) is 0 Å². The van der Waals surface area contributed by atoms with Crippen LogP contribution in [-0.4, -0.2) is 6.66 Å². The van der Waals surface area contributed by atoms with Crippen molar-refractivity contribution in [1.82, 2.24) is 0 Å². The standard InChI is InChI=1S/C23H19P2/c1-25(20-14-6-3-7-15-20)22-17-9-11-18-10-8-16-21(23(18)22)24(25)19-12-4-2-5-13-19/h2-17H,1H3/q+1. The molecular weight excluding hydrogens is 338 g/mol. The first kappa shape index (κ1) is 15.3. The van der Waals surface area contributed by atoms with E-state index in [1.807, 2.05) is 0 Å². The molecule has 1 aliphatic rings. The normalized spacial score (nSPS) is 21.6.